The Hall–Kier alpha value is -2.23. The van der Waals surface area contributed by atoms with E-state index >= 15 is 0 Å². The van der Waals surface area contributed by atoms with Crippen molar-refractivity contribution in [3.05, 3.63) is 29.8 Å². The first kappa shape index (κ1) is 16.8. The largest absolute Gasteiger partial charge is 0.480 e. The third-order valence-electron chi connectivity index (χ3n) is 2.65. The summed E-state index contributed by atoms with van der Waals surface area (Å²) in [5.74, 6) is -0.977. The van der Waals surface area contributed by atoms with Crippen molar-refractivity contribution in [2.75, 3.05) is 0 Å². The standard InChI is InChI=1S/C14H15F3N2O2/c1-9(7-8-18)19-13(20)10(2)21-12-6-4-3-5-11(12)14(15,16)17/h3-6,9-10H,7H2,1-2H3,(H,19,20)/t9-,10+/m0/s1. The van der Waals surface area contributed by atoms with Crippen molar-refractivity contribution in [2.45, 2.75) is 38.6 Å². The molecule has 1 amide bonds. The number of nitrogens with one attached hydrogen (secondary N) is 1. The quantitative estimate of drug-likeness (QED) is 0.909. The van der Waals surface area contributed by atoms with Gasteiger partial charge in [0.15, 0.2) is 6.10 Å². The van der Waals surface area contributed by atoms with Crippen molar-refractivity contribution in [3.8, 4) is 11.8 Å². The van der Waals surface area contributed by atoms with E-state index < -0.39 is 35.5 Å². The van der Waals surface area contributed by atoms with Crippen LogP contribution in [0.4, 0.5) is 13.2 Å². The maximum atomic E-state index is 12.8. The van der Waals surface area contributed by atoms with E-state index in [0.717, 1.165) is 12.1 Å². The highest BCUT2D eigenvalue weighted by molar-refractivity contribution is 5.81. The Labute approximate surface area is 120 Å². The van der Waals surface area contributed by atoms with Crippen molar-refractivity contribution in [1.82, 2.24) is 5.32 Å². The van der Waals surface area contributed by atoms with Gasteiger partial charge in [0, 0.05) is 6.04 Å². The van der Waals surface area contributed by atoms with Gasteiger partial charge in [-0.3, -0.25) is 4.79 Å². The molecule has 4 nitrogen and oxygen atoms in total. The molecule has 0 aromatic heterocycles. The molecule has 1 aromatic carbocycles. The zero-order chi connectivity index (χ0) is 16.0. The summed E-state index contributed by atoms with van der Waals surface area (Å²) < 4.78 is 43.5. The first-order valence-electron chi connectivity index (χ1n) is 6.26. The average Bonchev–Trinajstić information content (AvgIpc) is 2.38. The molecule has 0 bridgehead atoms. The lowest BCUT2D eigenvalue weighted by Gasteiger charge is -2.19. The van der Waals surface area contributed by atoms with Gasteiger partial charge >= 0.3 is 6.18 Å². The number of amides is 1. The number of ether oxygens (including phenoxy) is 1. The van der Waals surface area contributed by atoms with Gasteiger partial charge in [0.2, 0.25) is 0 Å². The fourth-order valence-electron chi connectivity index (χ4n) is 1.60. The van der Waals surface area contributed by atoms with E-state index in [0.29, 0.717) is 0 Å². The number of halogens is 3. The molecule has 1 N–H and O–H groups in total. The number of carbonyl (C=O) groups excluding carboxylic acids is 1. The minimum Gasteiger partial charge on any atom is -0.480 e. The van der Waals surface area contributed by atoms with Crippen molar-refractivity contribution in [1.29, 1.82) is 5.26 Å². The van der Waals surface area contributed by atoms with Crippen LogP contribution in [-0.4, -0.2) is 18.1 Å². The van der Waals surface area contributed by atoms with E-state index in [2.05, 4.69) is 5.32 Å². The summed E-state index contributed by atoms with van der Waals surface area (Å²) in [6, 6.07) is 6.18. The van der Waals surface area contributed by atoms with E-state index in [9.17, 15) is 18.0 Å². The number of carbonyl (C=O) groups is 1. The molecule has 1 rings (SSSR count). The Morgan fingerprint density at radius 3 is 2.57 bits per heavy atom. The number of hydrogen-bond acceptors (Lipinski definition) is 3. The van der Waals surface area contributed by atoms with Crippen molar-refractivity contribution in [3.63, 3.8) is 0 Å². The van der Waals surface area contributed by atoms with Crippen LogP contribution in [0.15, 0.2) is 24.3 Å². The van der Waals surface area contributed by atoms with Crippen LogP contribution >= 0.6 is 0 Å². The van der Waals surface area contributed by atoms with Gasteiger partial charge in [0.05, 0.1) is 18.1 Å². The molecule has 0 radical (unpaired) electrons. The highest BCUT2D eigenvalue weighted by Gasteiger charge is 2.34. The number of para-hydroxylation sites is 1. The van der Waals surface area contributed by atoms with Gasteiger partial charge in [0.25, 0.3) is 5.91 Å². The summed E-state index contributed by atoms with van der Waals surface area (Å²) in [4.78, 5) is 11.8. The smallest absolute Gasteiger partial charge is 0.419 e. The molecule has 1 aromatic rings. The zero-order valence-corrected chi connectivity index (χ0v) is 11.6. The van der Waals surface area contributed by atoms with Gasteiger partial charge in [-0.15, -0.1) is 0 Å². The van der Waals surface area contributed by atoms with Crippen LogP contribution in [0.25, 0.3) is 0 Å². The SMILES string of the molecule is C[C@@H](CC#N)NC(=O)[C@@H](C)Oc1ccccc1C(F)(F)F. The molecule has 0 spiro atoms. The van der Waals surface area contributed by atoms with Crippen LogP contribution in [0.1, 0.15) is 25.8 Å². The Balaban J connectivity index is 2.78. The maximum Gasteiger partial charge on any atom is 0.419 e. The summed E-state index contributed by atoms with van der Waals surface area (Å²) >= 11 is 0. The molecule has 7 heteroatoms. The van der Waals surface area contributed by atoms with Crippen molar-refractivity contribution in [2.24, 2.45) is 0 Å². The highest BCUT2D eigenvalue weighted by atomic mass is 19.4. The van der Waals surface area contributed by atoms with Gasteiger partial charge in [-0.25, -0.2) is 0 Å². The van der Waals surface area contributed by atoms with Gasteiger partial charge in [-0.05, 0) is 26.0 Å². The fourth-order valence-corrected chi connectivity index (χ4v) is 1.60. The number of benzene rings is 1. The Bertz CT molecular complexity index is 538. The Morgan fingerprint density at radius 2 is 2.00 bits per heavy atom. The normalized spacial score (nSPS) is 13.9. The summed E-state index contributed by atoms with van der Waals surface area (Å²) in [7, 11) is 0. The third kappa shape index (κ3) is 4.99. The number of rotatable bonds is 5. The van der Waals surface area contributed by atoms with Crippen LogP contribution in [-0.2, 0) is 11.0 Å². The molecule has 0 saturated heterocycles. The van der Waals surface area contributed by atoms with Gasteiger partial charge < -0.3 is 10.1 Å². The Morgan fingerprint density at radius 1 is 1.38 bits per heavy atom. The molecule has 0 saturated carbocycles. The van der Waals surface area contributed by atoms with E-state index in [1.165, 1.54) is 19.1 Å². The maximum absolute atomic E-state index is 12.8. The third-order valence-corrected chi connectivity index (χ3v) is 2.65. The molecule has 0 aliphatic heterocycles. The van der Waals surface area contributed by atoms with Crippen LogP contribution < -0.4 is 10.1 Å². The summed E-state index contributed by atoms with van der Waals surface area (Å²) in [6.07, 6.45) is -5.55. The summed E-state index contributed by atoms with van der Waals surface area (Å²) in [6.45, 7) is 2.97. The lowest BCUT2D eigenvalue weighted by molar-refractivity contribution is -0.140. The number of nitrogens with zero attached hydrogens (tertiary/aromatic N) is 1. The van der Waals surface area contributed by atoms with Crippen LogP contribution in [0.5, 0.6) is 5.75 Å². The molecule has 21 heavy (non-hydrogen) atoms. The lowest BCUT2D eigenvalue weighted by Crippen LogP contribution is -2.41. The summed E-state index contributed by atoms with van der Waals surface area (Å²) in [5, 5.41) is 11.0. The van der Waals surface area contributed by atoms with Gasteiger partial charge in [-0.2, -0.15) is 18.4 Å². The molecular weight excluding hydrogens is 285 g/mol. The average molecular weight is 300 g/mol. The molecule has 0 aliphatic carbocycles. The second kappa shape index (κ2) is 6.97. The monoisotopic (exact) mass is 300 g/mol. The predicted molar refractivity (Wildman–Crippen MR) is 69.4 cm³/mol. The first-order valence-corrected chi connectivity index (χ1v) is 6.26. The van der Waals surface area contributed by atoms with Gasteiger partial charge in [0.1, 0.15) is 5.75 Å². The molecule has 0 fully saturated rings. The molecule has 2 atom stereocenters. The minimum absolute atomic E-state index is 0.109. The van der Waals surface area contributed by atoms with Crippen LogP contribution in [0, 0.1) is 11.3 Å². The van der Waals surface area contributed by atoms with Crippen LogP contribution in [0.3, 0.4) is 0 Å². The van der Waals surface area contributed by atoms with E-state index in [-0.39, 0.29) is 6.42 Å². The minimum atomic E-state index is -4.55. The predicted octanol–water partition coefficient (Wildman–Crippen LogP) is 2.89. The zero-order valence-electron chi connectivity index (χ0n) is 11.6. The molecule has 0 unspecified atom stereocenters. The first-order chi connectivity index (χ1) is 9.75. The second-order valence-corrected chi connectivity index (χ2v) is 4.53. The van der Waals surface area contributed by atoms with Crippen molar-refractivity contribution >= 4 is 5.91 Å². The van der Waals surface area contributed by atoms with E-state index in [1.807, 2.05) is 6.07 Å². The van der Waals surface area contributed by atoms with Crippen molar-refractivity contribution < 1.29 is 22.7 Å². The highest BCUT2D eigenvalue weighted by Crippen LogP contribution is 2.36. The number of nitriles is 1. The molecular formula is C14H15F3N2O2. The Kier molecular flexibility index (Phi) is 5.59. The van der Waals surface area contributed by atoms with E-state index in [4.69, 9.17) is 10.00 Å². The topological polar surface area (TPSA) is 62.1 Å². The molecule has 0 heterocycles. The van der Waals surface area contributed by atoms with E-state index in [1.54, 1.807) is 6.92 Å². The second-order valence-electron chi connectivity index (χ2n) is 4.53. The number of hydrogen-bond donors (Lipinski definition) is 1. The fraction of sp³-hybridized carbons (Fsp3) is 0.429. The molecule has 114 valence electrons. The molecule has 0 aliphatic rings. The number of alkyl halides is 3. The van der Waals surface area contributed by atoms with Gasteiger partial charge in [-0.1, -0.05) is 12.1 Å². The van der Waals surface area contributed by atoms with Crippen LogP contribution in [0.2, 0.25) is 0 Å². The summed E-state index contributed by atoms with van der Waals surface area (Å²) in [5.41, 5.74) is -0.935. The lowest BCUT2D eigenvalue weighted by atomic mass is 10.2.